The summed E-state index contributed by atoms with van der Waals surface area (Å²) in [6.07, 6.45) is 36.9. The molecule has 0 spiro atoms. The van der Waals surface area contributed by atoms with Crippen LogP contribution in [0.3, 0.4) is 0 Å². The molecule has 0 aromatic carbocycles. The second kappa shape index (κ2) is 31.7. The van der Waals surface area contributed by atoms with Crippen LogP contribution >= 0.6 is 0 Å². The molecule has 39 heavy (non-hydrogen) atoms. The molecule has 0 saturated heterocycles. The van der Waals surface area contributed by atoms with Crippen LogP contribution in [0.15, 0.2) is 12.2 Å². The Morgan fingerprint density at radius 3 is 1.41 bits per heavy atom. The fourth-order valence-electron chi connectivity index (χ4n) is 5.29. The summed E-state index contributed by atoms with van der Waals surface area (Å²) in [7, 11) is 0. The normalized spacial score (nSPS) is 13.2. The van der Waals surface area contributed by atoms with Gasteiger partial charge in [-0.1, -0.05) is 154 Å². The van der Waals surface area contributed by atoms with Crippen molar-refractivity contribution in [1.29, 1.82) is 0 Å². The SMILES string of the molecule is CCCCCCCC/C=C\CCCCCCCCCC(=O)NC(CO)C(O)CCCCCCCCCCCC. The molecule has 4 heteroatoms. The van der Waals surface area contributed by atoms with Crippen LogP contribution in [0.25, 0.3) is 0 Å². The number of unbranched alkanes of at least 4 members (excludes halogenated alkanes) is 22. The molecule has 3 N–H and O–H groups in total. The number of carbonyl (C=O) groups excluding carboxylic acids is 1. The van der Waals surface area contributed by atoms with E-state index in [0.29, 0.717) is 12.8 Å². The predicted molar refractivity (Wildman–Crippen MR) is 170 cm³/mol. The smallest absolute Gasteiger partial charge is 0.220 e. The molecule has 0 radical (unpaired) electrons. The van der Waals surface area contributed by atoms with Gasteiger partial charge in [-0.2, -0.15) is 0 Å². The number of hydrogen-bond acceptors (Lipinski definition) is 3. The third-order valence-electron chi connectivity index (χ3n) is 8.03. The van der Waals surface area contributed by atoms with Gasteiger partial charge in [0.2, 0.25) is 5.91 Å². The topological polar surface area (TPSA) is 69.6 Å². The zero-order chi connectivity index (χ0) is 28.7. The first-order valence-electron chi connectivity index (χ1n) is 17.4. The molecule has 0 bridgehead atoms. The second-order valence-electron chi connectivity index (χ2n) is 11.9. The Morgan fingerprint density at radius 1 is 0.590 bits per heavy atom. The Morgan fingerprint density at radius 2 is 0.974 bits per heavy atom. The summed E-state index contributed by atoms with van der Waals surface area (Å²) in [5, 5.41) is 22.9. The van der Waals surface area contributed by atoms with Crippen LogP contribution < -0.4 is 5.32 Å². The summed E-state index contributed by atoms with van der Waals surface area (Å²) < 4.78 is 0. The number of rotatable bonds is 31. The maximum Gasteiger partial charge on any atom is 0.220 e. The number of amides is 1. The summed E-state index contributed by atoms with van der Waals surface area (Å²) in [4.78, 5) is 12.3. The van der Waals surface area contributed by atoms with Crippen molar-refractivity contribution < 1.29 is 15.0 Å². The van der Waals surface area contributed by atoms with Crippen LogP contribution in [0.1, 0.15) is 187 Å². The van der Waals surface area contributed by atoms with E-state index in [1.807, 2.05) is 0 Å². The highest BCUT2D eigenvalue weighted by molar-refractivity contribution is 5.76. The maximum absolute atomic E-state index is 12.3. The van der Waals surface area contributed by atoms with E-state index in [-0.39, 0.29) is 12.5 Å². The summed E-state index contributed by atoms with van der Waals surface area (Å²) in [6.45, 7) is 4.33. The van der Waals surface area contributed by atoms with Crippen LogP contribution in [0, 0.1) is 0 Å². The van der Waals surface area contributed by atoms with Crippen LogP contribution in [0.5, 0.6) is 0 Å². The summed E-state index contributed by atoms with van der Waals surface area (Å²) in [6, 6.07) is -0.532. The molecule has 0 rings (SSSR count). The number of aliphatic hydroxyl groups is 2. The number of aliphatic hydroxyl groups excluding tert-OH is 2. The molecule has 0 heterocycles. The number of carbonyl (C=O) groups is 1. The summed E-state index contributed by atoms with van der Waals surface area (Å²) in [5.74, 6) is -0.0380. The molecular formula is C35H69NO3. The lowest BCUT2D eigenvalue weighted by atomic mass is 10.0. The van der Waals surface area contributed by atoms with Crippen LogP contribution in [0.4, 0.5) is 0 Å². The molecule has 232 valence electrons. The maximum atomic E-state index is 12.3. The fraction of sp³-hybridized carbons (Fsp3) is 0.914. The number of allylic oxidation sites excluding steroid dienone is 2. The Hall–Kier alpha value is -0.870. The minimum Gasteiger partial charge on any atom is -0.394 e. The van der Waals surface area contributed by atoms with Gasteiger partial charge >= 0.3 is 0 Å². The monoisotopic (exact) mass is 552 g/mol. The van der Waals surface area contributed by atoms with E-state index in [1.54, 1.807) is 0 Å². The van der Waals surface area contributed by atoms with Gasteiger partial charge in [0.15, 0.2) is 0 Å². The van der Waals surface area contributed by atoms with Gasteiger partial charge in [0.1, 0.15) is 0 Å². The first kappa shape index (κ1) is 38.1. The molecule has 0 aliphatic carbocycles. The zero-order valence-electron chi connectivity index (χ0n) is 26.4. The minimum absolute atomic E-state index is 0.0380. The van der Waals surface area contributed by atoms with Crippen molar-refractivity contribution in [2.75, 3.05) is 6.61 Å². The average molecular weight is 552 g/mol. The number of hydrogen-bond donors (Lipinski definition) is 3. The van der Waals surface area contributed by atoms with E-state index in [2.05, 4.69) is 31.3 Å². The third-order valence-corrected chi connectivity index (χ3v) is 8.03. The Balaban J connectivity index is 3.56. The lowest BCUT2D eigenvalue weighted by Gasteiger charge is -2.22. The van der Waals surface area contributed by atoms with E-state index in [9.17, 15) is 15.0 Å². The fourth-order valence-corrected chi connectivity index (χ4v) is 5.29. The lowest BCUT2D eigenvalue weighted by molar-refractivity contribution is -0.123. The van der Waals surface area contributed by atoms with Gasteiger partial charge in [0, 0.05) is 6.42 Å². The van der Waals surface area contributed by atoms with Gasteiger partial charge in [-0.3, -0.25) is 4.79 Å². The quantitative estimate of drug-likeness (QED) is 0.0593. The Bertz CT molecular complexity index is 522. The van der Waals surface area contributed by atoms with Crippen molar-refractivity contribution in [3.05, 3.63) is 12.2 Å². The van der Waals surface area contributed by atoms with Gasteiger partial charge in [0.05, 0.1) is 18.8 Å². The molecule has 1 amide bonds. The van der Waals surface area contributed by atoms with Gasteiger partial charge in [0.25, 0.3) is 0 Å². The molecule has 0 saturated carbocycles. The largest absolute Gasteiger partial charge is 0.394 e. The molecule has 4 nitrogen and oxygen atoms in total. The van der Waals surface area contributed by atoms with Gasteiger partial charge < -0.3 is 15.5 Å². The van der Waals surface area contributed by atoms with E-state index in [0.717, 1.165) is 25.7 Å². The van der Waals surface area contributed by atoms with Crippen molar-refractivity contribution >= 4 is 5.91 Å². The highest BCUT2D eigenvalue weighted by atomic mass is 16.3. The standard InChI is InChI=1S/C35H69NO3/c1-3-5-7-9-11-13-15-16-17-18-19-20-21-23-25-27-29-31-35(39)36-33(32-37)34(38)30-28-26-24-22-14-12-10-8-6-4-2/h16-17,33-34,37-38H,3-15,18-32H2,1-2H3,(H,36,39)/b17-16-. The highest BCUT2D eigenvalue weighted by Gasteiger charge is 2.19. The van der Waals surface area contributed by atoms with E-state index in [4.69, 9.17) is 0 Å². The van der Waals surface area contributed by atoms with E-state index < -0.39 is 12.1 Å². The zero-order valence-corrected chi connectivity index (χ0v) is 26.4. The average Bonchev–Trinajstić information content (AvgIpc) is 2.94. The van der Waals surface area contributed by atoms with Crippen molar-refractivity contribution in [3.63, 3.8) is 0 Å². The van der Waals surface area contributed by atoms with Gasteiger partial charge in [-0.15, -0.1) is 0 Å². The van der Waals surface area contributed by atoms with Crippen LogP contribution in [0.2, 0.25) is 0 Å². The van der Waals surface area contributed by atoms with Crippen molar-refractivity contribution in [1.82, 2.24) is 5.32 Å². The second-order valence-corrected chi connectivity index (χ2v) is 11.9. The summed E-state index contributed by atoms with van der Waals surface area (Å²) >= 11 is 0. The molecule has 0 aliphatic rings. The van der Waals surface area contributed by atoms with Crippen LogP contribution in [-0.4, -0.2) is 34.9 Å². The Kier molecular flexibility index (Phi) is 30.9. The number of nitrogens with one attached hydrogen (secondary N) is 1. The third kappa shape index (κ3) is 28.5. The van der Waals surface area contributed by atoms with Gasteiger partial charge in [-0.25, -0.2) is 0 Å². The molecule has 0 aliphatic heterocycles. The summed E-state index contributed by atoms with van der Waals surface area (Å²) in [5.41, 5.74) is 0. The van der Waals surface area contributed by atoms with Crippen molar-refractivity contribution in [3.8, 4) is 0 Å². The van der Waals surface area contributed by atoms with E-state index >= 15 is 0 Å². The van der Waals surface area contributed by atoms with Gasteiger partial charge in [-0.05, 0) is 38.5 Å². The molecule has 2 atom stereocenters. The van der Waals surface area contributed by atoms with Crippen molar-refractivity contribution in [2.24, 2.45) is 0 Å². The van der Waals surface area contributed by atoms with Crippen LogP contribution in [-0.2, 0) is 4.79 Å². The molecular weight excluding hydrogens is 482 g/mol. The first-order valence-corrected chi connectivity index (χ1v) is 17.4. The molecule has 0 aromatic heterocycles. The van der Waals surface area contributed by atoms with Crippen molar-refractivity contribution in [2.45, 2.75) is 199 Å². The highest BCUT2D eigenvalue weighted by Crippen LogP contribution is 2.14. The lowest BCUT2D eigenvalue weighted by Crippen LogP contribution is -2.45. The molecule has 0 aromatic rings. The minimum atomic E-state index is -0.654. The predicted octanol–water partition coefficient (Wildman–Crippen LogP) is 9.95. The molecule has 2 unspecified atom stereocenters. The first-order chi connectivity index (χ1) is 19.2. The Labute approximate surface area is 244 Å². The molecule has 0 fully saturated rings. The van der Waals surface area contributed by atoms with E-state index in [1.165, 1.54) is 135 Å².